The smallest absolute Gasteiger partial charge is 0.238 e. The largest absolute Gasteiger partial charge is 0.355 e. The number of hydrogen-bond donors (Lipinski definition) is 2. The predicted octanol–water partition coefficient (Wildman–Crippen LogP) is 1.96. The molecule has 2 rings (SSSR count). The van der Waals surface area contributed by atoms with Gasteiger partial charge in [0.1, 0.15) is 0 Å². The van der Waals surface area contributed by atoms with Gasteiger partial charge in [0.15, 0.2) is 0 Å². The number of nitrogens with one attached hydrogen (secondary N) is 1. The van der Waals surface area contributed by atoms with Crippen LogP contribution in [0.2, 0.25) is 0 Å². The van der Waals surface area contributed by atoms with Crippen LogP contribution in [0.1, 0.15) is 11.1 Å². The summed E-state index contributed by atoms with van der Waals surface area (Å²) in [6.07, 6.45) is 2.98. The third-order valence-corrected chi connectivity index (χ3v) is 5.18. The molecular weight excluding hydrogens is 344 g/mol. The summed E-state index contributed by atoms with van der Waals surface area (Å²) in [6.45, 7) is 0.496. The standard InChI is InChI=1S/C17H20N2O3S2/c1-23-15-6-2-14(3-7-15)12-17(20)19-11-10-13-4-8-16(9-5-13)24(18,21)22/h2-9H,10-12H2,1H3,(H,19,20)(H2,18,21,22). The van der Waals surface area contributed by atoms with Gasteiger partial charge >= 0.3 is 0 Å². The number of carbonyl (C=O) groups is 1. The molecule has 0 radical (unpaired) electrons. The molecule has 2 aromatic carbocycles. The van der Waals surface area contributed by atoms with Crippen molar-refractivity contribution in [2.45, 2.75) is 22.6 Å². The van der Waals surface area contributed by atoms with Gasteiger partial charge in [0.2, 0.25) is 15.9 Å². The lowest BCUT2D eigenvalue weighted by Crippen LogP contribution is -2.27. The summed E-state index contributed by atoms with van der Waals surface area (Å²) >= 11 is 1.66. The number of benzene rings is 2. The van der Waals surface area contributed by atoms with Crippen molar-refractivity contribution in [3.8, 4) is 0 Å². The van der Waals surface area contributed by atoms with E-state index in [2.05, 4.69) is 5.32 Å². The molecule has 0 atom stereocenters. The van der Waals surface area contributed by atoms with Crippen LogP contribution >= 0.6 is 11.8 Å². The summed E-state index contributed by atoms with van der Waals surface area (Å²) in [7, 11) is -3.66. The highest BCUT2D eigenvalue weighted by Crippen LogP contribution is 2.15. The highest BCUT2D eigenvalue weighted by Gasteiger charge is 2.07. The van der Waals surface area contributed by atoms with Crippen molar-refractivity contribution in [3.05, 3.63) is 59.7 Å². The van der Waals surface area contributed by atoms with E-state index in [-0.39, 0.29) is 10.8 Å². The summed E-state index contributed by atoms with van der Waals surface area (Å²) < 4.78 is 22.4. The van der Waals surface area contributed by atoms with Gasteiger partial charge in [-0.05, 0) is 48.1 Å². The lowest BCUT2D eigenvalue weighted by atomic mass is 10.1. The van der Waals surface area contributed by atoms with Crippen LogP contribution in [0.15, 0.2) is 58.3 Å². The van der Waals surface area contributed by atoms with Gasteiger partial charge in [-0.3, -0.25) is 4.79 Å². The third-order valence-electron chi connectivity index (χ3n) is 3.51. The Hall–Kier alpha value is -1.83. The zero-order valence-electron chi connectivity index (χ0n) is 13.4. The first-order valence-electron chi connectivity index (χ1n) is 7.40. The minimum atomic E-state index is -3.66. The summed E-state index contributed by atoms with van der Waals surface area (Å²) in [5, 5.41) is 7.92. The number of sulfonamides is 1. The number of carbonyl (C=O) groups excluding carboxylic acids is 1. The molecule has 0 saturated carbocycles. The highest BCUT2D eigenvalue weighted by molar-refractivity contribution is 7.98. The van der Waals surface area contributed by atoms with Crippen LogP contribution in [0, 0.1) is 0 Å². The number of rotatable bonds is 7. The SMILES string of the molecule is CSc1ccc(CC(=O)NCCc2ccc(S(N)(=O)=O)cc2)cc1. The van der Waals surface area contributed by atoms with Gasteiger partial charge in [-0.2, -0.15) is 0 Å². The molecule has 128 valence electrons. The first kappa shape index (κ1) is 18.5. The Morgan fingerprint density at radius 2 is 1.62 bits per heavy atom. The number of nitrogens with two attached hydrogens (primary N) is 1. The second-order valence-electron chi connectivity index (χ2n) is 5.31. The molecule has 0 bridgehead atoms. The topological polar surface area (TPSA) is 89.3 Å². The van der Waals surface area contributed by atoms with Crippen molar-refractivity contribution in [1.82, 2.24) is 5.32 Å². The maximum atomic E-state index is 11.9. The van der Waals surface area contributed by atoms with Crippen LogP contribution in [0.3, 0.4) is 0 Å². The summed E-state index contributed by atoms with van der Waals surface area (Å²) in [5.74, 6) is -0.0342. The average Bonchev–Trinajstić information content (AvgIpc) is 2.55. The summed E-state index contributed by atoms with van der Waals surface area (Å²) in [6, 6.07) is 14.3. The molecule has 0 fully saturated rings. The van der Waals surface area contributed by atoms with Crippen LogP contribution in [-0.4, -0.2) is 27.1 Å². The zero-order valence-corrected chi connectivity index (χ0v) is 15.0. The van der Waals surface area contributed by atoms with Crippen LogP contribution in [0.4, 0.5) is 0 Å². The fourth-order valence-corrected chi connectivity index (χ4v) is 3.11. The quantitative estimate of drug-likeness (QED) is 0.735. The van der Waals surface area contributed by atoms with Gasteiger partial charge in [-0.1, -0.05) is 24.3 Å². The molecule has 24 heavy (non-hydrogen) atoms. The van der Waals surface area contributed by atoms with Crippen molar-refractivity contribution in [3.63, 3.8) is 0 Å². The molecule has 1 amide bonds. The minimum Gasteiger partial charge on any atom is -0.355 e. The van der Waals surface area contributed by atoms with E-state index in [0.29, 0.717) is 19.4 Å². The first-order chi connectivity index (χ1) is 11.4. The molecule has 5 nitrogen and oxygen atoms in total. The van der Waals surface area contributed by atoms with Crippen molar-refractivity contribution >= 4 is 27.7 Å². The molecule has 0 aliphatic carbocycles. The van der Waals surface area contributed by atoms with E-state index < -0.39 is 10.0 Å². The number of amides is 1. The molecule has 0 spiro atoms. The van der Waals surface area contributed by atoms with Crippen LogP contribution in [0.5, 0.6) is 0 Å². The van der Waals surface area contributed by atoms with Crippen molar-refractivity contribution in [1.29, 1.82) is 0 Å². The Bertz CT molecular complexity index is 786. The molecule has 2 aromatic rings. The maximum absolute atomic E-state index is 11.9. The second kappa shape index (κ2) is 8.32. The van der Waals surface area contributed by atoms with Crippen LogP contribution in [0.25, 0.3) is 0 Å². The highest BCUT2D eigenvalue weighted by atomic mass is 32.2. The normalized spacial score (nSPS) is 11.2. The molecule has 0 aliphatic rings. The fraction of sp³-hybridized carbons (Fsp3) is 0.235. The van der Waals surface area contributed by atoms with Crippen molar-refractivity contribution < 1.29 is 13.2 Å². The van der Waals surface area contributed by atoms with Gasteiger partial charge in [0.05, 0.1) is 11.3 Å². The van der Waals surface area contributed by atoms with E-state index in [0.717, 1.165) is 11.1 Å². The monoisotopic (exact) mass is 364 g/mol. The van der Waals surface area contributed by atoms with Gasteiger partial charge in [0, 0.05) is 11.4 Å². The van der Waals surface area contributed by atoms with E-state index in [4.69, 9.17) is 5.14 Å². The average molecular weight is 364 g/mol. The van der Waals surface area contributed by atoms with Gasteiger partial charge in [-0.25, -0.2) is 13.6 Å². The zero-order chi connectivity index (χ0) is 17.6. The molecule has 0 heterocycles. The van der Waals surface area contributed by atoms with E-state index in [1.54, 1.807) is 23.9 Å². The Kier molecular flexibility index (Phi) is 6.42. The van der Waals surface area contributed by atoms with E-state index in [1.807, 2.05) is 30.5 Å². The molecule has 7 heteroatoms. The van der Waals surface area contributed by atoms with Crippen molar-refractivity contribution in [2.24, 2.45) is 5.14 Å². The lowest BCUT2D eigenvalue weighted by molar-refractivity contribution is -0.120. The first-order valence-corrected chi connectivity index (χ1v) is 10.2. The van der Waals surface area contributed by atoms with Gasteiger partial charge in [-0.15, -0.1) is 11.8 Å². The van der Waals surface area contributed by atoms with E-state index in [1.165, 1.54) is 17.0 Å². The second-order valence-corrected chi connectivity index (χ2v) is 7.75. The van der Waals surface area contributed by atoms with Crippen molar-refractivity contribution in [2.75, 3.05) is 12.8 Å². The summed E-state index contributed by atoms with van der Waals surface area (Å²) in [5.41, 5.74) is 1.91. The number of primary sulfonamides is 1. The van der Waals surface area contributed by atoms with Gasteiger partial charge < -0.3 is 5.32 Å². The summed E-state index contributed by atoms with van der Waals surface area (Å²) in [4.78, 5) is 13.2. The Balaban J connectivity index is 1.79. The van der Waals surface area contributed by atoms with E-state index >= 15 is 0 Å². The Morgan fingerprint density at radius 3 is 2.17 bits per heavy atom. The van der Waals surface area contributed by atoms with Crippen LogP contribution < -0.4 is 10.5 Å². The molecule has 0 aliphatic heterocycles. The maximum Gasteiger partial charge on any atom is 0.238 e. The molecule has 0 unspecified atom stereocenters. The molecule has 0 aromatic heterocycles. The molecule has 3 N–H and O–H groups in total. The fourth-order valence-electron chi connectivity index (χ4n) is 2.18. The van der Waals surface area contributed by atoms with E-state index in [9.17, 15) is 13.2 Å². The number of hydrogen-bond acceptors (Lipinski definition) is 4. The predicted molar refractivity (Wildman–Crippen MR) is 96.5 cm³/mol. The molecule has 0 saturated heterocycles. The molecular formula is C17H20N2O3S2. The number of thioether (sulfide) groups is 1. The Morgan fingerprint density at radius 1 is 1.04 bits per heavy atom. The van der Waals surface area contributed by atoms with Crippen LogP contribution in [-0.2, 0) is 27.7 Å². The Labute approximate surface area is 146 Å². The van der Waals surface area contributed by atoms with Gasteiger partial charge in [0.25, 0.3) is 0 Å². The lowest BCUT2D eigenvalue weighted by Gasteiger charge is -2.07. The minimum absolute atomic E-state index is 0.0342. The third kappa shape index (κ3) is 5.67.